The molecular weight excluding hydrogens is 288 g/mol. The van der Waals surface area contributed by atoms with Gasteiger partial charge < -0.3 is 16.5 Å². The van der Waals surface area contributed by atoms with Gasteiger partial charge >= 0.3 is 0 Å². The Kier molecular flexibility index (Phi) is 2.81. The van der Waals surface area contributed by atoms with E-state index in [-0.39, 0.29) is 5.69 Å². The lowest BCUT2D eigenvalue weighted by atomic mass is 10.0. The van der Waals surface area contributed by atoms with Crippen LogP contribution in [0.15, 0.2) is 54.6 Å². The van der Waals surface area contributed by atoms with Crippen LogP contribution in [0.1, 0.15) is 10.5 Å². The Labute approximate surface area is 131 Å². The van der Waals surface area contributed by atoms with E-state index in [0.29, 0.717) is 11.4 Å². The van der Waals surface area contributed by atoms with Crippen LogP contribution in [0.4, 0.5) is 5.69 Å². The van der Waals surface area contributed by atoms with Crippen molar-refractivity contribution in [1.29, 1.82) is 0 Å². The zero-order chi connectivity index (χ0) is 16.0. The summed E-state index contributed by atoms with van der Waals surface area (Å²) in [6, 6.07) is 17.1. The number of hydrogen-bond acceptors (Lipinski definition) is 3. The summed E-state index contributed by atoms with van der Waals surface area (Å²) in [5.41, 5.74) is 15.6. The quantitative estimate of drug-likeness (QED) is 0.496. The Morgan fingerprint density at radius 3 is 2.52 bits per heavy atom. The maximum Gasteiger partial charge on any atom is 0.267 e. The van der Waals surface area contributed by atoms with Crippen LogP contribution in [-0.2, 0) is 0 Å². The number of para-hydroxylation sites is 2. The van der Waals surface area contributed by atoms with E-state index in [1.54, 1.807) is 6.07 Å². The van der Waals surface area contributed by atoms with Gasteiger partial charge in [-0.2, -0.15) is 0 Å². The number of aromatic amines is 1. The molecule has 0 spiro atoms. The first-order chi connectivity index (χ1) is 11.1. The molecule has 5 N–H and O–H groups in total. The lowest BCUT2D eigenvalue weighted by Crippen LogP contribution is -2.13. The smallest absolute Gasteiger partial charge is 0.267 e. The van der Waals surface area contributed by atoms with Gasteiger partial charge in [-0.05, 0) is 18.2 Å². The Morgan fingerprint density at radius 1 is 1.00 bits per heavy atom. The minimum absolute atomic E-state index is 0.223. The van der Waals surface area contributed by atoms with Gasteiger partial charge in [-0.25, -0.2) is 4.98 Å². The van der Waals surface area contributed by atoms with Gasteiger partial charge in [0.05, 0.1) is 11.2 Å². The third-order valence-electron chi connectivity index (χ3n) is 3.96. The normalized spacial score (nSPS) is 11.1. The van der Waals surface area contributed by atoms with Crippen LogP contribution in [0.5, 0.6) is 0 Å². The van der Waals surface area contributed by atoms with Crippen LogP contribution in [0.2, 0.25) is 0 Å². The molecule has 0 unspecified atom stereocenters. The zero-order valence-electron chi connectivity index (χ0n) is 12.2. The molecule has 23 heavy (non-hydrogen) atoms. The number of rotatable bonds is 2. The Balaban J connectivity index is 2.17. The number of nitrogens with zero attached hydrogens (tertiary/aromatic N) is 1. The van der Waals surface area contributed by atoms with Crippen molar-refractivity contribution >= 4 is 33.4 Å². The monoisotopic (exact) mass is 302 g/mol. The summed E-state index contributed by atoms with van der Waals surface area (Å²) in [6.07, 6.45) is 0. The molecule has 2 aromatic heterocycles. The summed E-state index contributed by atoms with van der Waals surface area (Å²) in [7, 11) is 0. The Morgan fingerprint density at radius 2 is 1.74 bits per heavy atom. The van der Waals surface area contributed by atoms with E-state index >= 15 is 0 Å². The molecule has 0 saturated heterocycles. The number of fused-ring (bicyclic) bond motifs is 3. The molecule has 1 amide bonds. The lowest BCUT2D eigenvalue weighted by Gasteiger charge is -2.08. The molecule has 0 atom stereocenters. The molecule has 0 aliphatic rings. The number of benzene rings is 2. The first-order valence-corrected chi connectivity index (χ1v) is 7.21. The van der Waals surface area contributed by atoms with Gasteiger partial charge in [-0.3, -0.25) is 4.79 Å². The summed E-state index contributed by atoms with van der Waals surface area (Å²) < 4.78 is 0. The molecule has 4 rings (SSSR count). The number of nitrogen functional groups attached to an aromatic ring is 1. The first kappa shape index (κ1) is 13.3. The highest BCUT2D eigenvalue weighted by atomic mass is 16.1. The molecule has 5 heteroatoms. The maximum absolute atomic E-state index is 11.7. The van der Waals surface area contributed by atoms with Crippen LogP contribution in [-0.4, -0.2) is 15.9 Å². The topological polar surface area (TPSA) is 97.8 Å². The molecule has 0 aliphatic carbocycles. The van der Waals surface area contributed by atoms with Crippen LogP contribution >= 0.6 is 0 Å². The minimum atomic E-state index is -0.562. The van der Waals surface area contributed by atoms with Gasteiger partial charge in [0, 0.05) is 27.5 Å². The molecule has 2 heterocycles. The van der Waals surface area contributed by atoms with Crippen molar-refractivity contribution in [2.24, 2.45) is 5.73 Å². The van der Waals surface area contributed by atoms with E-state index < -0.39 is 5.91 Å². The first-order valence-electron chi connectivity index (χ1n) is 7.21. The number of nitrogens with one attached hydrogen (secondary N) is 1. The standard InChI is InChI=1S/C18H14N4O/c19-13-7-3-1-6-11(13)16-17-12(9-15(22-16)18(20)23)10-5-2-4-8-14(10)21-17/h1-9,21H,19H2,(H2,20,23). The average Bonchev–Trinajstić information content (AvgIpc) is 2.93. The predicted molar refractivity (Wildman–Crippen MR) is 92.0 cm³/mol. The Hall–Kier alpha value is -3.34. The number of carbonyl (C=O) groups excluding carboxylic acids is 1. The summed E-state index contributed by atoms with van der Waals surface area (Å²) in [5, 5.41) is 1.92. The second kappa shape index (κ2) is 4.84. The van der Waals surface area contributed by atoms with Crippen LogP contribution in [0.3, 0.4) is 0 Å². The van der Waals surface area contributed by atoms with Crippen molar-refractivity contribution < 1.29 is 4.79 Å². The predicted octanol–water partition coefficient (Wildman–Crippen LogP) is 3.06. The van der Waals surface area contributed by atoms with Gasteiger partial charge in [0.2, 0.25) is 0 Å². The Bertz CT molecular complexity index is 1070. The van der Waals surface area contributed by atoms with Gasteiger partial charge in [-0.15, -0.1) is 0 Å². The molecule has 4 aromatic rings. The van der Waals surface area contributed by atoms with Gasteiger partial charge in [-0.1, -0.05) is 36.4 Å². The number of aromatic nitrogens is 2. The number of amides is 1. The van der Waals surface area contributed by atoms with Crippen molar-refractivity contribution in [2.45, 2.75) is 0 Å². The third kappa shape index (κ3) is 2.02. The fourth-order valence-corrected chi connectivity index (χ4v) is 2.88. The number of primary amides is 1. The fourth-order valence-electron chi connectivity index (χ4n) is 2.88. The number of anilines is 1. The number of H-pyrrole nitrogens is 1. The summed E-state index contributed by atoms with van der Waals surface area (Å²) in [6.45, 7) is 0. The molecule has 112 valence electrons. The number of hydrogen-bond donors (Lipinski definition) is 3. The second-order valence-electron chi connectivity index (χ2n) is 5.40. The lowest BCUT2D eigenvalue weighted by molar-refractivity contribution is 0.0996. The number of pyridine rings is 1. The third-order valence-corrected chi connectivity index (χ3v) is 3.96. The highest BCUT2D eigenvalue weighted by Gasteiger charge is 2.16. The van der Waals surface area contributed by atoms with E-state index in [4.69, 9.17) is 11.5 Å². The molecule has 0 aliphatic heterocycles. The second-order valence-corrected chi connectivity index (χ2v) is 5.40. The van der Waals surface area contributed by atoms with Gasteiger partial charge in [0.25, 0.3) is 5.91 Å². The molecule has 2 aromatic carbocycles. The zero-order valence-corrected chi connectivity index (χ0v) is 12.2. The van der Waals surface area contributed by atoms with E-state index in [0.717, 1.165) is 27.4 Å². The van der Waals surface area contributed by atoms with Gasteiger partial charge in [0.1, 0.15) is 5.69 Å². The van der Waals surface area contributed by atoms with Crippen LogP contribution in [0.25, 0.3) is 33.1 Å². The minimum Gasteiger partial charge on any atom is -0.398 e. The molecular formula is C18H14N4O. The molecule has 0 saturated carbocycles. The van der Waals surface area contributed by atoms with E-state index in [9.17, 15) is 4.79 Å². The fraction of sp³-hybridized carbons (Fsp3) is 0. The van der Waals surface area contributed by atoms with E-state index in [1.807, 2.05) is 48.5 Å². The van der Waals surface area contributed by atoms with Crippen LogP contribution in [0, 0.1) is 0 Å². The molecule has 0 radical (unpaired) electrons. The summed E-state index contributed by atoms with van der Waals surface area (Å²) in [4.78, 5) is 19.5. The van der Waals surface area contributed by atoms with E-state index in [1.165, 1.54) is 0 Å². The largest absolute Gasteiger partial charge is 0.398 e. The number of carbonyl (C=O) groups is 1. The average molecular weight is 302 g/mol. The molecule has 0 bridgehead atoms. The van der Waals surface area contributed by atoms with Crippen molar-refractivity contribution in [1.82, 2.24) is 9.97 Å². The number of nitrogens with two attached hydrogens (primary N) is 2. The summed E-state index contributed by atoms with van der Waals surface area (Å²) >= 11 is 0. The highest BCUT2D eigenvalue weighted by Crippen LogP contribution is 2.34. The van der Waals surface area contributed by atoms with Crippen molar-refractivity contribution in [3.63, 3.8) is 0 Å². The van der Waals surface area contributed by atoms with Crippen molar-refractivity contribution in [3.05, 3.63) is 60.3 Å². The van der Waals surface area contributed by atoms with Crippen LogP contribution < -0.4 is 11.5 Å². The molecule has 5 nitrogen and oxygen atoms in total. The van der Waals surface area contributed by atoms with Crippen molar-refractivity contribution in [2.75, 3.05) is 5.73 Å². The van der Waals surface area contributed by atoms with E-state index in [2.05, 4.69) is 9.97 Å². The highest BCUT2D eigenvalue weighted by molar-refractivity contribution is 6.13. The molecule has 0 fully saturated rings. The summed E-state index contributed by atoms with van der Waals surface area (Å²) in [5.74, 6) is -0.562. The van der Waals surface area contributed by atoms with Crippen molar-refractivity contribution in [3.8, 4) is 11.3 Å². The van der Waals surface area contributed by atoms with Gasteiger partial charge in [0.15, 0.2) is 0 Å². The SMILES string of the molecule is NC(=O)c1cc2c([nH]c3ccccc32)c(-c2ccccc2N)n1. The maximum atomic E-state index is 11.7.